The molecule has 0 saturated heterocycles. The fraction of sp³-hybridized carbons (Fsp3) is 0.435. The maximum atomic E-state index is 10.8. The van der Waals surface area contributed by atoms with E-state index in [0.717, 1.165) is 33.5 Å². The van der Waals surface area contributed by atoms with Crippen LogP contribution in [-0.2, 0) is 0 Å². The van der Waals surface area contributed by atoms with Crippen LogP contribution in [0.15, 0.2) is 29.3 Å². The third-order valence-electron chi connectivity index (χ3n) is 5.40. The predicted molar refractivity (Wildman–Crippen MR) is 127 cm³/mol. The first-order valence-electron chi connectivity index (χ1n) is 10.4. The van der Waals surface area contributed by atoms with E-state index < -0.39 is 6.23 Å². The van der Waals surface area contributed by atoms with Crippen molar-refractivity contribution in [3.63, 3.8) is 0 Å². The van der Waals surface area contributed by atoms with Gasteiger partial charge in [0.05, 0.1) is 5.71 Å². The summed E-state index contributed by atoms with van der Waals surface area (Å²) < 4.78 is 2.10. The number of aliphatic hydroxyl groups excluding tert-OH is 1. The Balaban J connectivity index is 1.90. The van der Waals surface area contributed by atoms with E-state index in [1.807, 2.05) is 52.0 Å². The van der Waals surface area contributed by atoms with E-state index in [-0.39, 0.29) is 11.6 Å². The Morgan fingerprint density at radius 3 is 2.48 bits per heavy atom. The zero-order valence-corrected chi connectivity index (χ0v) is 20.3. The molecule has 3 aromatic rings. The number of thiophene rings is 1. The molecule has 0 amide bonds. The van der Waals surface area contributed by atoms with Crippen molar-refractivity contribution in [2.24, 2.45) is 4.99 Å². The number of aliphatic hydroxyl groups is 1. The lowest BCUT2D eigenvalue weighted by atomic mass is 9.99. The summed E-state index contributed by atoms with van der Waals surface area (Å²) in [5, 5.41) is 24.6. The maximum Gasteiger partial charge on any atom is 0.163 e. The Bertz CT molecular complexity index is 1140. The van der Waals surface area contributed by atoms with Crippen molar-refractivity contribution in [2.45, 2.75) is 65.8 Å². The molecule has 0 bridgehead atoms. The average Bonchev–Trinajstić information content (AvgIpc) is 3.14. The van der Waals surface area contributed by atoms with Gasteiger partial charge in [-0.3, -0.25) is 14.9 Å². The van der Waals surface area contributed by atoms with Crippen molar-refractivity contribution in [2.75, 3.05) is 0 Å². The summed E-state index contributed by atoms with van der Waals surface area (Å²) in [6.45, 7) is 12.3. The zero-order chi connectivity index (χ0) is 22.5. The van der Waals surface area contributed by atoms with Crippen LogP contribution in [0.5, 0.6) is 0 Å². The van der Waals surface area contributed by atoms with Crippen molar-refractivity contribution in [1.82, 2.24) is 20.1 Å². The molecule has 0 saturated carbocycles. The number of rotatable bonds is 4. The molecule has 8 heteroatoms. The lowest BCUT2D eigenvalue weighted by Crippen LogP contribution is -2.44. The highest BCUT2D eigenvalue weighted by Gasteiger charge is 2.32. The van der Waals surface area contributed by atoms with E-state index in [1.54, 1.807) is 11.3 Å². The standard InChI is InChI=1S/C23H28ClN5OS/c1-12-13(2)31-22-19(12)20(15-7-9-16(24)10-8-15)25-17(11-18(30)26-23(4,5)6)21-28-27-14(3)29(21)22/h7-10,17-18,26,30H,11H2,1-6H3. The molecule has 4 rings (SSSR count). The molecular formula is C23H28ClN5OS. The van der Waals surface area contributed by atoms with Crippen LogP contribution in [0.1, 0.15) is 66.5 Å². The van der Waals surface area contributed by atoms with Crippen LogP contribution < -0.4 is 5.32 Å². The van der Waals surface area contributed by atoms with Crippen molar-refractivity contribution >= 4 is 28.6 Å². The molecule has 1 aromatic carbocycles. The third-order valence-corrected chi connectivity index (χ3v) is 6.85. The van der Waals surface area contributed by atoms with Crippen LogP contribution in [0, 0.1) is 20.8 Å². The number of aliphatic imine (C=N–C) groups is 1. The number of nitrogens with one attached hydrogen (secondary N) is 1. The minimum atomic E-state index is -0.732. The fourth-order valence-corrected chi connectivity index (χ4v) is 5.26. The number of benzene rings is 1. The van der Waals surface area contributed by atoms with Crippen molar-refractivity contribution < 1.29 is 5.11 Å². The number of nitrogens with zero attached hydrogens (tertiary/aromatic N) is 4. The van der Waals surface area contributed by atoms with E-state index in [4.69, 9.17) is 16.6 Å². The molecule has 0 aliphatic carbocycles. The number of aromatic nitrogens is 3. The Hall–Kier alpha value is -2.06. The van der Waals surface area contributed by atoms with Gasteiger partial charge in [0.2, 0.25) is 0 Å². The topological polar surface area (TPSA) is 75.3 Å². The summed E-state index contributed by atoms with van der Waals surface area (Å²) in [6, 6.07) is 7.41. The molecule has 0 radical (unpaired) electrons. The summed E-state index contributed by atoms with van der Waals surface area (Å²) in [6.07, 6.45) is -0.343. The normalized spacial score (nSPS) is 17.0. The molecule has 31 heavy (non-hydrogen) atoms. The minimum Gasteiger partial charge on any atom is -0.379 e. The second-order valence-electron chi connectivity index (χ2n) is 9.05. The van der Waals surface area contributed by atoms with E-state index in [9.17, 15) is 5.11 Å². The SMILES string of the molecule is Cc1sc2c(c1C)C(c1ccc(Cl)cc1)=NC(CC(O)NC(C)(C)C)c1nnc(C)n1-2. The van der Waals surface area contributed by atoms with E-state index in [0.29, 0.717) is 11.4 Å². The van der Waals surface area contributed by atoms with Gasteiger partial charge >= 0.3 is 0 Å². The first-order valence-corrected chi connectivity index (χ1v) is 11.6. The van der Waals surface area contributed by atoms with E-state index >= 15 is 0 Å². The van der Waals surface area contributed by atoms with E-state index in [1.165, 1.54) is 10.4 Å². The molecule has 2 N–H and O–H groups in total. The molecule has 0 spiro atoms. The van der Waals surface area contributed by atoms with Gasteiger partial charge in [-0.1, -0.05) is 23.7 Å². The highest BCUT2D eigenvalue weighted by Crippen LogP contribution is 2.39. The van der Waals surface area contributed by atoms with Gasteiger partial charge in [0.25, 0.3) is 0 Å². The molecular weight excluding hydrogens is 430 g/mol. The summed E-state index contributed by atoms with van der Waals surface area (Å²) in [5.41, 5.74) is 3.96. The molecule has 1 aliphatic rings. The van der Waals surface area contributed by atoms with Crippen molar-refractivity contribution in [3.8, 4) is 5.00 Å². The first-order chi connectivity index (χ1) is 14.5. The summed E-state index contributed by atoms with van der Waals surface area (Å²) >= 11 is 7.87. The minimum absolute atomic E-state index is 0.219. The second-order valence-corrected chi connectivity index (χ2v) is 10.7. The Kier molecular flexibility index (Phi) is 5.81. The molecule has 1 aliphatic heterocycles. The molecule has 0 fully saturated rings. The molecule has 3 heterocycles. The lowest BCUT2D eigenvalue weighted by Gasteiger charge is -2.26. The van der Waals surface area contributed by atoms with Gasteiger partial charge in [0.15, 0.2) is 5.82 Å². The monoisotopic (exact) mass is 457 g/mol. The van der Waals surface area contributed by atoms with Crippen molar-refractivity contribution in [3.05, 3.63) is 62.5 Å². The van der Waals surface area contributed by atoms with Crippen LogP contribution in [0.2, 0.25) is 5.02 Å². The lowest BCUT2D eigenvalue weighted by molar-refractivity contribution is 0.0903. The van der Waals surface area contributed by atoms with Gasteiger partial charge in [-0.15, -0.1) is 21.5 Å². The number of hydrogen-bond donors (Lipinski definition) is 2. The zero-order valence-electron chi connectivity index (χ0n) is 18.7. The Morgan fingerprint density at radius 2 is 1.84 bits per heavy atom. The van der Waals surface area contributed by atoms with Crippen molar-refractivity contribution in [1.29, 1.82) is 0 Å². The summed E-state index contributed by atoms with van der Waals surface area (Å²) in [4.78, 5) is 6.41. The van der Waals surface area contributed by atoms with Gasteiger partial charge in [-0.05, 0) is 59.2 Å². The Morgan fingerprint density at radius 1 is 1.16 bits per heavy atom. The number of halogens is 1. The van der Waals surface area contributed by atoms with Crippen LogP contribution in [-0.4, -0.2) is 37.3 Å². The highest BCUT2D eigenvalue weighted by molar-refractivity contribution is 7.15. The molecule has 2 atom stereocenters. The van der Waals surface area contributed by atoms with Crippen LogP contribution in [0.4, 0.5) is 0 Å². The van der Waals surface area contributed by atoms with Crippen LogP contribution in [0.3, 0.4) is 0 Å². The number of aryl methyl sites for hydroxylation is 2. The van der Waals surface area contributed by atoms with Crippen LogP contribution in [0.25, 0.3) is 5.00 Å². The number of fused-ring (bicyclic) bond motifs is 3. The molecule has 2 unspecified atom stereocenters. The number of hydrogen-bond acceptors (Lipinski definition) is 6. The molecule has 164 valence electrons. The largest absolute Gasteiger partial charge is 0.379 e. The van der Waals surface area contributed by atoms with Gasteiger partial charge in [0, 0.05) is 33.0 Å². The molecule has 2 aromatic heterocycles. The smallest absolute Gasteiger partial charge is 0.163 e. The summed E-state index contributed by atoms with van der Waals surface area (Å²) in [5.74, 6) is 1.56. The first kappa shape index (κ1) is 22.1. The van der Waals surface area contributed by atoms with E-state index in [2.05, 4.69) is 33.9 Å². The highest BCUT2D eigenvalue weighted by atomic mass is 35.5. The predicted octanol–water partition coefficient (Wildman–Crippen LogP) is 4.90. The van der Waals surface area contributed by atoms with Gasteiger partial charge in [0.1, 0.15) is 23.1 Å². The average molecular weight is 458 g/mol. The quantitative estimate of drug-likeness (QED) is 0.546. The Labute approximate surface area is 192 Å². The van der Waals surface area contributed by atoms with Gasteiger partial charge < -0.3 is 5.11 Å². The van der Waals surface area contributed by atoms with Gasteiger partial charge in [-0.2, -0.15) is 0 Å². The van der Waals surface area contributed by atoms with Crippen LogP contribution >= 0.6 is 22.9 Å². The fourth-order valence-electron chi connectivity index (χ4n) is 3.92. The molecule has 6 nitrogen and oxygen atoms in total. The second kappa shape index (κ2) is 8.13. The third kappa shape index (κ3) is 4.32. The maximum absolute atomic E-state index is 10.8. The summed E-state index contributed by atoms with van der Waals surface area (Å²) in [7, 11) is 0. The van der Waals surface area contributed by atoms with Gasteiger partial charge in [-0.25, -0.2) is 0 Å².